The maximum Gasteiger partial charge on any atom is 0.355 e. The summed E-state index contributed by atoms with van der Waals surface area (Å²) in [6.07, 6.45) is 3.76. The van der Waals surface area contributed by atoms with Gasteiger partial charge in [0, 0.05) is 29.7 Å². The molecule has 3 heterocycles. The summed E-state index contributed by atoms with van der Waals surface area (Å²) < 4.78 is 49.9. The van der Waals surface area contributed by atoms with Crippen LogP contribution in [0.4, 0.5) is 20.3 Å². The van der Waals surface area contributed by atoms with Gasteiger partial charge in [-0.3, -0.25) is 9.82 Å². The molecule has 27 heavy (non-hydrogen) atoms. The third-order valence-corrected chi connectivity index (χ3v) is 5.39. The summed E-state index contributed by atoms with van der Waals surface area (Å²) in [5.74, 6) is -2.76. The van der Waals surface area contributed by atoms with Crippen molar-refractivity contribution in [3.05, 3.63) is 30.5 Å². The predicted molar refractivity (Wildman–Crippen MR) is 97.1 cm³/mol. The van der Waals surface area contributed by atoms with E-state index in [9.17, 15) is 17.2 Å². The standard InChI is InChI=1S/C16H16F2N6O2S/c17-16(18)27(25,26)23-11-3-4-13-12(8-11)15(22-20-13)10-7-14(21-19-9-10)24-5-1-2-6-24/h3-4,7-9,16,23H,1-2,5-6H2,(H,20,22). The van der Waals surface area contributed by atoms with E-state index in [2.05, 4.69) is 25.3 Å². The fourth-order valence-corrected chi connectivity index (χ4v) is 3.64. The molecule has 2 N–H and O–H groups in total. The molecule has 1 aliphatic heterocycles. The van der Waals surface area contributed by atoms with Crippen molar-refractivity contribution in [3.8, 4) is 11.3 Å². The van der Waals surface area contributed by atoms with E-state index in [1.807, 2.05) is 10.8 Å². The third-order valence-electron chi connectivity index (χ3n) is 4.40. The Bertz CT molecular complexity index is 1080. The highest BCUT2D eigenvalue weighted by Gasteiger charge is 2.24. The zero-order valence-corrected chi connectivity index (χ0v) is 14.9. The van der Waals surface area contributed by atoms with Gasteiger partial charge in [-0.05, 0) is 37.1 Å². The van der Waals surface area contributed by atoms with Crippen molar-refractivity contribution in [1.29, 1.82) is 0 Å². The zero-order chi connectivity index (χ0) is 19.0. The number of hydrogen-bond acceptors (Lipinski definition) is 6. The van der Waals surface area contributed by atoms with E-state index < -0.39 is 15.8 Å². The molecule has 4 rings (SSSR count). The Balaban J connectivity index is 1.72. The van der Waals surface area contributed by atoms with Crippen molar-refractivity contribution >= 4 is 32.4 Å². The van der Waals surface area contributed by atoms with Crippen molar-refractivity contribution in [2.75, 3.05) is 22.7 Å². The lowest BCUT2D eigenvalue weighted by atomic mass is 10.1. The second kappa shape index (κ2) is 6.72. The van der Waals surface area contributed by atoms with E-state index in [0.29, 0.717) is 22.2 Å². The summed E-state index contributed by atoms with van der Waals surface area (Å²) in [6.45, 7) is 1.83. The van der Waals surface area contributed by atoms with Gasteiger partial charge < -0.3 is 4.90 Å². The van der Waals surface area contributed by atoms with Crippen molar-refractivity contribution < 1.29 is 17.2 Å². The van der Waals surface area contributed by atoms with E-state index in [-0.39, 0.29) is 5.69 Å². The average Bonchev–Trinajstić information content (AvgIpc) is 3.31. The van der Waals surface area contributed by atoms with Crippen molar-refractivity contribution in [1.82, 2.24) is 20.4 Å². The minimum atomic E-state index is -4.74. The molecule has 2 aromatic heterocycles. The number of fused-ring (bicyclic) bond motifs is 1. The molecule has 0 amide bonds. The second-order valence-electron chi connectivity index (χ2n) is 6.24. The van der Waals surface area contributed by atoms with Crippen molar-refractivity contribution in [2.45, 2.75) is 18.6 Å². The lowest BCUT2D eigenvalue weighted by Gasteiger charge is -2.15. The van der Waals surface area contributed by atoms with Gasteiger partial charge in [-0.25, -0.2) is 8.42 Å². The van der Waals surface area contributed by atoms with Gasteiger partial charge in [0.1, 0.15) is 5.69 Å². The smallest absolute Gasteiger partial charge is 0.355 e. The summed E-state index contributed by atoms with van der Waals surface area (Å²) >= 11 is 0. The van der Waals surface area contributed by atoms with E-state index >= 15 is 0 Å². The van der Waals surface area contributed by atoms with Crippen LogP contribution in [-0.2, 0) is 10.0 Å². The van der Waals surface area contributed by atoms with E-state index in [1.54, 1.807) is 12.3 Å². The number of sulfonamides is 1. The SMILES string of the molecule is O=S(=O)(Nc1ccc2[nH]nc(-c3cnnc(N4CCCC4)c3)c2c1)C(F)F. The molecule has 1 aromatic carbocycles. The number of aromatic amines is 1. The molecule has 1 saturated heterocycles. The van der Waals surface area contributed by atoms with Crippen molar-refractivity contribution in [2.24, 2.45) is 0 Å². The number of nitrogens with zero attached hydrogens (tertiary/aromatic N) is 4. The number of aromatic nitrogens is 4. The summed E-state index contributed by atoms with van der Waals surface area (Å²) in [6, 6.07) is 6.30. The van der Waals surface area contributed by atoms with Crippen LogP contribution < -0.4 is 9.62 Å². The quantitative estimate of drug-likeness (QED) is 0.689. The molecule has 1 aliphatic rings. The number of rotatable bonds is 5. The highest BCUT2D eigenvalue weighted by Crippen LogP contribution is 2.30. The number of hydrogen-bond donors (Lipinski definition) is 2. The van der Waals surface area contributed by atoms with Crippen LogP contribution in [0.25, 0.3) is 22.2 Å². The van der Waals surface area contributed by atoms with E-state index in [1.165, 1.54) is 12.1 Å². The maximum absolute atomic E-state index is 12.6. The zero-order valence-electron chi connectivity index (χ0n) is 14.1. The Morgan fingerprint density at radius 2 is 1.96 bits per heavy atom. The Kier molecular flexibility index (Phi) is 4.38. The minimum Gasteiger partial charge on any atom is -0.355 e. The molecule has 0 bridgehead atoms. The normalized spacial score (nSPS) is 15.0. The molecule has 3 aromatic rings. The van der Waals surface area contributed by atoms with Gasteiger partial charge >= 0.3 is 5.76 Å². The highest BCUT2D eigenvalue weighted by molar-refractivity contribution is 7.93. The molecule has 142 valence electrons. The van der Waals surface area contributed by atoms with Gasteiger partial charge in [-0.15, -0.1) is 5.10 Å². The average molecular weight is 394 g/mol. The number of halogens is 2. The van der Waals surface area contributed by atoms with Crippen LogP contribution in [0.3, 0.4) is 0 Å². The molecular weight excluding hydrogens is 378 g/mol. The number of anilines is 2. The summed E-state index contributed by atoms with van der Waals surface area (Å²) in [4.78, 5) is 2.13. The monoisotopic (exact) mass is 394 g/mol. The molecule has 0 unspecified atom stereocenters. The minimum absolute atomic E-state index is 0.0345. The molecule has 0 spiro atoms. The van der Waals surface area contributed by atoms with Gasteiger partial charge in [0.05, 0.1) is 11.7 Å². The number of alkyl halides is 2. The molecule has 8 nitrogen and oxygen atoms in total. The first kappa shape index (κ1) is 17.6. The predicted octanol–water partition coefficient (Wildman–Crippen LogP) is 2.58. The summed E-state index contributed by atoms with van der Waals surface area (Å²) in [5, 5.41) is 15.9. The molecular formula is C16H16F2N6O2S. The first-order chi connectivity index (χ1) is 12.9. The first-order valence-corrected chi connectivity index (χ1v) is 9.85. The maximum atomic E-state index is 12.6. The Labute approximate surface area is 153 Å². The molecule has 11 heteroatoms. The second-order valence-corrected chi connectivity index (χ2v) is 7.89. The first-order valence-electron chi connectivity index (χ1n) is 8.30. The number of benzene rings is 1. The Morgan fingerprint density at radius 1 is 1.19 bits per heavy atom. The third kappa shape index (κ3) is 3.42. The van der Waals surface area contributed by atoms with Crippen LogP contribution in [0.2, 0.25) is 0 Å². The van der Waals surface area contributed by atoms with Crippen LogP contribution in [0.15, 0.2) is 30.5 Å². The van der Waals surface area contributed by atoms with E-state index in [0.717, 1.165) is 31.7 Å². The van der Waals surface area contributed by atoms with Crippen LogP contribution in [0.5, 0.6) is 0 Å². The largest absolute Gasteiger partial charge is 0.355 e. The Hall–Kier alpha value is -2.82. The molecule has 0 aliphatic carbocycles. The molecule has 0 atom stereocenters. The molecule has 0 radical (unpaired) electrons. The Morgan fingerprint density at radius 3 is 2.70 bits per heavy atom. The van der Waals surface area contributed by atoms with Gasteiger partial charge in [-0.1, -0.05) is 0 Å². The van der Waals surface area contributed by atoms with Crippen LogP contribution in [0, 0.1) is 0 Å². The van der Waals surface area contributed by atoms with Crippen LogP contribution >= 0.6 is 0 Å². The summed E-state index contributed by atoms with van der Waals surface area (Å²) in [7, 11) is -4.74. The van der Waals surface area contributed by atoms with Crippen molar-refractivity contribution in [3.63, 3.8) is 0 Å². The van der Waals surface area contributed by atoms with Crippen LogP contribution in [-0.4, -0.2) is 47.7 Å². The fraction of sp³-hybridized carbons (Fsp3) is 0.312. The lowest BCUT2D eigenvalue weighted by Crippen LogP contribution is -2.20. The lowest BCUT2D eigenvalue weighted by molar-refractivity contribution is 0.236. The highest BCUT2D eigenvalue weighted by atomic mass is 32.2. The number of nitrogens with one attached hydrogen (secondary N) is 2. The van der Waals surface area contributed by atoms with Crippen LogP contribution in [0.1, 0.15) is 12.8 Å². The topological polar surface area (TPSA) is 104 Å². The number of H-pyrrole nitrogens is 1. The van der Waals surface area contributed by atoms with Gasteiger partial charge in [-0.2, -0.15) is 19.0 Å². The van der Waals surface area contributed by atoms with Gasteiger partial charge in [0.15, 0.2) is 5.82 Å². The summed E-state index contributed by atoms with van der Waals surface area (Å²) in [5.41, 5.74) is 1.92. The van der Waals surface area contributed by atoms with Gasteiger partial charge in [0.2, 0.25) is 0 Å². The molecule has 0 saturated carbocycles. The van der Waals surface area contributed by atoms with E-state index in [4.69, 9.17) is 0 Å². The fourth-order valence-electron chi connectivity index (χ4n) is 3.09. The van der Waals surface area contributed by atoms with Gasteiger partial charge in [0.25, 0.3) is 10.0 Å². The molecule has 1 fully saturated rings.